The molecule has 0 saturated heterocycles. The van der Waals surface area contributed by atoms with E-state index in [4.69, 9.17) is 11.6 Å². The molecule has 5 rings (SSSR count). The predicted octanol–water partition coefficient (Wildman–Crippen LogP) is 4.40. The number of nitrogens with one attached hydrogen (secondary N) is 2. The summed E-state index contributed by atoms with van der Waals surface area (Å²) in [6.07, 6.45) is 0. The van der Waals surface area contributed by atoms with Crippen molar-refractivity contribution in [3.63, 3.8) is 0 Å². The van der Waals surface area contributed by atoms with Crippen molar-refractivity contribution in [1.29, 1.82) is 0 Å². The quantitative estimate of drug-likeness (QED) is 0.279. The number of non-ortho nitro benzene ring substituents is 1. The smallest absolute Gasteiger partial charge is 0.270 e. The molecule has 35 heavy (non-hydrogen) atoms. The third kappa shape index (κ3) is 4.02. The van der Waals surface area contributed by atoms with Crippen LogP contribution < -0.4 is 11.0 Å². The van der Waals surface area contributed by atoms with Crippen molar-refractivity contribution in [2.75, 3.05) is 5.43 Å². The van der Waals surface area contributed by atoms with Crippen LogP contribution in [-0.4, -0.2) is 30.7 Å². The van der Waals surface area contributed by atoms with Crippen LogP contribution in [0.1, 0.15) is 10.4 Å². The molecule has 0 aliphatic carbocycles. The molecule has 0 spiro atoms. The van der Waals surface area contributed by atoms with Gasteiger partial charge in [-0.2, -0.15) is 9.77 Å². The summed E-state index contributed by atoms with van der Waals surface area (Å²) in [5, 5.41) is 18.5. The number of nitro benzene ring substituents is 1. The van der Waals surface area contributed by atoms with Gasteiger partial charge in [0, 0.05) is 23.3 Å². The van der Waals surface area contributed by atoms with Gasteiger partial charge in [-0.25, -0.2) is 4.98 Å². The zero-order valence-electron chi connectivity index (χ0n) is 17.8. The lowest BCUT2D eigenvalue weighted by Crippen LogP contribution is -2.35. The molecule has 0 unspecified atom stereocenters. The van der Waals surface area contributed by atoms with Gasteiger partial charge in [-0.15, -0.1) is 0 Å². The third-order valence-electron chi connectivity index (χ3n) is 5.28. The number of benzene rings is 3. The van der Waals surface area contributed by atoms with Crippen molar-refractivity contribution >= 4 is 34.2 Å². The molecule has 0 saturated carbocycles. The molecule has 10 nitrogen and oxygen atoms in total. The predicted molar refractivity (Wildman–Crippen MR) is 131 cm³/mol. The Balaban J connectivity index is 1.74. The van der Waals surface area contributed by atoms with Crippen LogP contribution in [0.25, 0.3) is 33.7 Å². The summed E-state index contributed by atoms with van der Waals surface area (Å²) in [4.78, 5) is 41.9. The van der Waals surface area contributed by atoms with Crippen molar-refractivity contribution in [2.24, 2.45) is 0 Å². The van der Waals surface area contributed by atoms with Gasteiger partial charge in [0.2, 0.25) is 0 Å². The maximum absolute atomic E-state index is 13.5. The fraction of sp³-hybridized carbons (Fsp3) is 0. The van der Waals surface area contributed by atoms with E-state index in [0.29, 0.717) is 11.3 Å². The maximum atomic E-state index is 13.5. The minimum atomic E-state index is -0.659. The second kappa shape index (κ2) is 8.84. The lowest BCUT2D eigenvalue weighted by atomic mass is 10.1. The topological polar surface area (TPSA) is 136 Å². The molecule has 0 fully saturated rings. The highest BCUT2D eigenvalue weighted by atomic mass is 35.5. The van der Waals surface area contributed by atoms with E-state index in [0.717, 1.165) is 4.68 Å². The first kappa shape index (κ1) is 22.0. The number of amides is 1. The Morgan fingerprint density at radius 1 is 1.00 bits per heavy atom. The summed E-state index contributed by atoms with van der Waals surface area (Å²) in [6.45, 7) is 0. The van der Waals surface area contributed by atoms with Crippen LogP contribution in [-0.2, 0) is 0 Å². The number of hydrogen-bond donors (Lipinski definition) is 2. The molecule has 2 aromatic heterocycles. The van der Waals surface area contributed by atoms with Gasteiger partial charge in [-0.05, 0) is 12.1 Å². The minimum Gasteiger partial charge on any atom is -0.270 e. The molecule has 0 aliphatic rings. The Labute approximate surface area is 201 Å². The standard InChI is InChI=1S/C24H15ClN6O4/c25-18-12-5-4-11-17(18)23(32)29-30-22(15-9-6-10-16(13-15)31(34)35)26-20-19(14-7-2-1-3-8-14)27-28-21(20)24(30)33/h1-13H,(H,27,28)(H,29,32). The van der Waals surface area contributed by atoms with Gasteiger partial charge in [0.15, 0.2) is 11.3 Å². The summed E-state index contributed by atoms with van der Waals surface area (Å²) < 4.78 is 0.931. The molecule has 3 aromatic carbocycles. The van der Waals surface area contributed by atoms with E-state index in [1.54, 1.807) is 24.3 Å². The van der Waals surface area contributed by atoms with Gasteiger partial charge in [0.1, 0.15) is 11.2 Å². The van der Waals surface area contributed by atoms with Gasteiger partial charge >= 0.3 is 0 Å². The average molecular weight is 487 g/mol. The lowest BCUT2D eigenvalue weighted by molar-refractivity contribution is -0.384. The van der Waals surface area contributed by atoms with Gasteiger partial charge in [-0.1, -0.05) is 66.2 Å². The molecule has 172 valence electrons. The van der Waals surface area contributed by atoms with Crippen molar-refractivity contribution < 1.29 is 9.72 Å². The number of nitrogens with zero attached hydrogens (tertiary/aromatic N) is 4. The van der Waals surface area contributed by atoms with E-state index in [2.05, 4.69) is 20.6 Å². The Hall–Kier alpha value is -4.83. The second-order valence-electron chi connectivity index (χ2n) is 7.47. The van der Waals surface area contributed by atoms with Crippen molar-refractivity contribution in [2.45, 2.75) is 0 Å². The number of halogens is 1. The van der Waals surface area contributed by atoms with Gasteiger partial charge in [0.25, 0.3) is 17.2 Å². The molecule has 0 bridgehead atoms. The highest BCUT2D eigenvalue weighted by Gasteiger charge is 2.22. The normalized spacial score (nSPS) is 10.9. The molecule has 0 atom stereocenters. The molecule has 0 aliphatic heterocycles. The van der Waals surface area contributed by atoms with Crippen LogP contribution in [0.15, 0.2) is 83.7 Å². The maximum Gasteiger partial charge on any atom is 0.298 e. The van der Waals surface area contributed by atoms with Gasteiger partial charge in [-0.3, -0.25) is 30.2 Å². The van der Waals surface area contributed by atoms with Crippen LogP contribution in [0, 0.1) is 10.1 Å². The number of hydrogen-bond acceptors (Lipinski definition) is 6. The van der Waals surface area contributed by atoms with Crippen molar-refractivity contribution in [1.82, 2.24) is 19.9 Å². The summed E-state index contributed by atoms with van der Waals surface area (Å²) in [6, 6.07) is 21.1. The molecule has 5 aromatic rings. The largest absolute Gasteiger partial charge is 0.298 e. The fourth-order valence-corrected chi connectivity index (χ4v) is 3.84. The van der Waals surface area contributed by atoms with E-state index in [1.165, 1.54) is 24.3 Å². The van der Waals surface area contributed by atoms with E-state index < -0.39 is 16.4 Å². The molecule has 2 heterocycles. The number of carbonyl (C=O) groups excluding carboxylic acids is 1. The highest BCUT2D eigenvalue weighted by molar-refractivity contribution is 6.34. The Morgan fingerprint density at radius 2 is 1.71 bits per heavy atom. The SMILES string of the molecule is O=C(Nn1c(-c2cccc([N+](=O)[O-])c2)nc2c(-c3ccccc3)n[nH]c2c1=O)c1ccccc1Cl. The number of fused-ring (bicyclic) bond motifs is 1. The van der Waals surface area contributed by atoms with Gasteiger partial charge < -0.3 is 0 Å². The van der Waals surface area contributed by atoms with Crippen LogP contribution in [0.5, 0.6) is 0 Å². The molecule has 0 radical (unpaired) electrons. The first-order valence-electron chi connectivity index (χ1n) is 10.3. The fourth-order valence-electron chi connectivity index (χ4n) is 3.62. The van der Waals surface area contributed by atoms with E-state index >= 15 is 0 Å². The molecule has 1 amide bonds. The molecular formula is C24H15ClN6O4. The number of rotatable bonds is 5. The summed E-state index contributed by atoms with van der Waals surface area (Å²) in [7, 11) is 0. The van der Waals surface area contributed by atoms with Crippen LogP contribution in [0.4, 0.5) is 5.69 Å². The minimum absolute atomic E-state index is 0.00909. The first-order chi connectivity index (χ1) is 16.9. The van der Waals surface area contributed by atoms with Crippen molar-refractivity contribution in [3.05, 3.63) is 110 Å². The second-order valence-corrected chi connectivity index (χ2v) is 7.87. The number of H-pyrrole nitrogens is 1. The van der Waals surface area contributed by atoms with E-state index in [1.807, 2.05) is 30.3 Å². The Bertz CT molecular complexity index is 1660. The lowest BCUT2D eigenvalue weighted by Gasteiger charge is -2.14. The third-order valence-corrected chi connectivity index (χ3v) is 5.61. The van der Waals surface area contributed by atoms with E-state index in [-0.39, 0.29) is 38.7 Å². The van der Waals surface area contributed by atoms with Crippen LogP contribution >= 0.6 is 11.6 Å². The number of aromatic amines is 1. The van der Waals surface area contributed by atoms with Gasteiger partial charge in [0.05, 0.1) is 15.5 Å². The van der Waals surface area contributed by atoms with Crippen LogP contribution in [0.3, 0.4) is 0 Å². The number of aromatic nitrogens is 4. The monoisotopic (exact) mass is 486 g/mol. The summed E-state index contributed by atoms with van der Waals surface area (Å²) in [5.74, 6) is -0.668. The van der Waals surface area contributed by atoms with Crippen molar-refractivity contribution in [3.8, 4) is 22.6 Å². The summed E-state index contributed by atoms with van der Waals surface area (Å²) >= 11 is 6.15. The number of carbonyl (C=O) groups is 1. The Kier molecular flexibility index (Phi) is 5.55. The zero-order chi connectivity index (χ0) is 24.5. The summed E-state index contributed by atoms with van der Waals surface area (Å²) in [5.41, 5.74) is 3.52. The molecule has 2 N–H and O–H groups in total. The molecule has 11 heteroatoms. The molecular weight excluding hydrogens is 472 g/mol. The van der Waals surface area contributed by atoms with E-state index in [9.17, 15) is 19.7 Å². The Morgan fingerprint density at radius 3 is 2.46 bits per heavy atom. The average Bonchev–Trinajstić information content (AvgIpc) is 3.30. The first-order valence-corrected chi connectivity index (χ1v) is 10.7. The van der Waals surface area contributed by atoms with Crippen LogP contribution in [0.2, 0.25) is 5.02 Å². The highest BCUT2D eigenvalue weighted by Crippen LogP contribution is 2.27. The zero-order valence-corrected chi connectivity index (χ0v) is 18.6. The number of nitro groups is 1.